The Kier molecular flexibility index (Phi) is 42.8. The van der Waals surface area contributed by atoms with Crippen molar-refractivity contribution in [1.29, 1.82) is 0 Å². The van der Waals surface area contributed by atoms with E-state index in [1.807, 2.05) is 0 Å². The Balaban J connectivity index is 4.09. The van der Waals surface area contributed by atoms with Gasteiger partial charge in [-0.3, -0.25) is 13.8 Å². The average molecular weight is 813 g/mol. The minimum Gasteiger partial charge on any atom is -0.391 e. The Bertz CT molecular complexity index is 932. The number of aliphatic hydroxyl groups is 1. The zero-order valence-corrected chi connectivity index (χ0v) is 37.8. The van der Waals surface area contributed by atoms with Crippen LogP contribution in [0.1, 0.15) is 239 Å². The number of allylic oxidation sites excluding steroid dienone is 4. The van der Waals surface area contributed by atoms with E-state index in [0.717, 1.165) is 64.2 Å². The van der Waals surface area contributed by atoms with E-state index in [1.165, 1.54) is 148 Å². The van der Waals surface area contributed by atoms with E-state index in [4.69, 9.17) is 14.8 Å². The molecular formula is C47H93N2O6P. The van der Waals surface area contributed by atoms with Crippen molar-refractivity contribution in [2.75, 3.05) is 19.8 Å². The van der Waals surface area contributed by atoms with Gasteiger partial charge in [-0.05, 0) is 44.9 Å². The van der Waals surface area contributed by atoms with Crippen LogP contribution >= 0.6 is 7.82 Å². The number of amides is 1. The molecule has 3 atom stereocenters. The van der Waals surface area contributed by atoms with Gasteiger partial charge in [0, 0.05) is 13.0 Å². The SMILES string of the molecule is CCCCCC/C=C\C/C=C\CCCCCCCC(=O)NC(COP(=O)(O)OCCN)C(O)CCCCCCCCCCCCCCCCCCCCCCC. The number of phosphoric acid groups is 1. The lowest BCUT2D eigenvalue weighted by molar-refractivity contribution is -0.123. The third kappa shape index (κ3) is 41.2. The molecule has 0 bridgehead atoms. The first kappa shape index (κ1) is 55.0. The molecule has 0 heterocycles. The molecule has 332 valence electrons. The summed E-state index contributed by atoms with van der Waals surface area (Å²) in [4.78, 5) is 22.8. The van der Waals surface area contributed by atoms with Crippen molar-refractivity contribution < 1.29 is 28.4 Å². The zero-order chi connectivity index (χ0) is 41.1. The molecule has 56 heavy (non-hydrogen) atoms. The second-order valence-corrected chi connectivity index (χ2v) is 17.8. The maximum absolute atomic E-state index is 12.8. The van der Waals surface area contributed by atoms with Crippen molar-refractivity contribution in [3.8, 4) is 0 Å². The van der Waals surface area contributed by atoms with Gasteiger partial charge in [0.2, 0.25) is 5.91 Å². The molecule has 0 spiro atoms. The van der Waals surface area contributed by atoms with Gasteiger partial charge in [-0.1, -0.05) is 212 Å². The summed E-state index contributed by atoms with van der Waals surface area (Å²) in [7, 11) is -4.32. The monoisotopic (exact) mass is 813 g/mol. The van der Waals surface area contributed by atoms with Crippen LogP contribution in [0.5, 0.6) is 0 Å². The molecule has 0 aliphatic rings. The smallest absolute Gasteiger partial charge is 0.391 e. The van der Waals surface area contributed by atoms with Crippen LogP contribution < -0.4 is 11.1 Å². The minimum atomic E-state index is -4.32. The molecule has 0 aromatic rings. The standard InChI is InChI=1S/C47H93N2O6P/c1-3-5-7-9-11-13-15-17-19-21-22-23-24-25-26-28-30-32-34-36-38-40-46(50)45(44-55-56(52,53)54-43-42-48)49-47(51)41-39-37-35-33-31-29-27-20-18-16-14-12-10-8-6-4-2/h14,16,20,27,45-46,50H,3-13,15,17-19,21-26,28-44,48H2,1-2H3,(H,49,51)(H,52,53)/b16-14-,27-20-. The Labute approximate surface area is 347 Å². The molecule has 3 unspecified atom stereocenters. The Morgan fingerprint density at radius 2 is 0.982 bits per heavy atom. The molecule has 0 aliphatic heterocycles. The molecule has 0 saturated carbocycles. The minimum absolute atomic E-state index is 0.0871. The van der Waals surface area contributed by atoms with Crippen LogP contribution in [-0.4, -0.2) is 47.8 Å². The topological polar surface area (TPSA) is 131 Å². The highest BCUT2D eigenvalue weighted by atomic mass is 31.2. The largest absolute Gasteiger partial charge is 0.472 e. The second-order valence-electron chi connectivity index (χ2n) is 16.3. The van der Waals surface area contributed by atoms with Gasteiger partial charge < -0.3 is 21.1 Å². The van der Waals surface area contributed by atoms with E-state index in [9.17, 15) is 19.4 Å². The lowest BCUT2D eigenvalue weighted by atomic mass is 10.0. The molecule has 0 saturated heterocycles. The Morgan fingerprint density at radius 1 is 0.589 bits per heavy atom. The summed E-state index contributed by atoms with van der Waals surface area (Å²) in [5.41, 5.74) is 5.39. The summed E-state index contributed by atoms with van der Waals surface area (Å²) in [6, 6.07) is -0.780. The molecule has 5 N–H and O–H groups in total. The summed E-state index contributed by atoms with van der Waals surface area (Å²) >= 11 is 0. The van der Waals surface area contributed by atoms with Crippen LogP contribution in [0.3, 0.4) is 0 Å². The van der Waals surface area contributed by atoms with Crippen molar-refractivity contribution in [2.24, 2.45) is 5.73 Å². The van der Waals surface area contributed by atoms with E-state index in [2.05, 4.69) is 43.5 Å². The van der Waals surface area contributed by atoms with Gasteiger partial charge in [0.15, 0.2) is 0 Å². The molecular weight excluding hydrogens is 719 g/mol. The molecule has 0 aromatic carbocycles. The highest BCUT2D eigenvalue weighted by molar-refractivity contribution is 7.47. The van der Waals surface area contributed by atoms with E-state index in [1.54, 1.807) is 0 Å². The highest BCUT2D eigenvalue weighted by Gasteiger charge is 2.27. The maximum Gasteiger partial charge on any atom is 0.472 e. The second kappa shape index (κ2) is 43.6. The van der Waals surface area contributed by atoms with E-state index in [-0.39, 0.29) is 25.7 Å². The van der Waals surface area contributed by atoms with Crippen LogP contribution in [0.15, 0.2) is 24.3 Å². The van der Waals surface area contributed by atoms with Crippen LogP contribution in [0.2, 0.25) is 0 Å². The quantitative estimate of drug-likeness (QED) is 0.0273. The average Bonchev–Trinajstić information content (AvgIpc) is 3.19. The van der Waals surface area contributed by atoms with Gasteiger partial charge in [0.1, 0.15) is 0 Å². The first-order chi connectivity index (χ1) is 27.4. The molecule has 9 heteroatoms. The summed E-state index contributed by atoms with van der Waals surface area (Å²) < 4.78 is 22.2. The van der Waals surface area contributed by atoms with Crippen molar-refractivity contribution in [2.45, 2.75) is 251 Å². The number of hydrogen-bond donors (Lipinski definition) is 4. The Hall–Kier alpha value is -1.02. The number of hydrogen-bond acceptors (Lipinski definition) is 6. The number of aliphatic hydroxyl groups excluding tert-OH is 1. The van der Waals surface area contributed by atoms with Crippen molar-refractivity contribution in [1.82, 2.24) is 5.32 Å². The normalized spacial score (nSPS) is 14.2. The van der Waals surface area contributed by atoms with Crippen LogP contribution in [0.4, 0.5) is 0 Å². The lowest BCUT2D eigenvalue weighted by Crippen LogP contribution is -2.46. The van der Waals surface area contributed by atoms with Gasteiger partial charge in [-0.25, -0.2) is 4.57 Å². The molecule has 8 nitrogen and oxygen atoms in total. The predicted molar refractivity (Wildman–Crippen MR) is 240 cm³/mol. The van der Waals surface area contributed by atoms with Crippen molar-refractivity contribution in [3.05, 3.63) is 24.3 Å². The molecule has 0 aromatic heterocycles. The van der Waals surface area contributed by atoms with Gasteiger partial charge in [-0.15, -0.1) is 0 Å². The zero-order valence-electron chi connectivity index (χ0n) is 36.9. The number of carbonyl (C=O) groups excluding carboxylic acids is 1. The van der Waals surface area contributed by atoms with Crippen molar-refractivity contribution in [3.63, 3.8) is 0 Å². The van der Waals surface area contributed by atoms with Gasteiger partial charge in [-0.2, -0.15) is 0 Å². The summed E-state index contributed by atoms with van der Waals surface area (Å²) in [5, 5.41) is 13.8. The molecule has 0 aliphatic carbocycles. The van der Waals surface area contributed by atoms with Gasteiger partial charge in [0.05, 0.1) is 25.4 Å². The number of unbranched alkanes of at least 4 members (excludes halogenated alkanes) is 29. The third-order valence-electron chi connectivity index (χ3n) is 10.8. The summed E-state index contributed by atoms with van der Waals surface area (Å²) in [6.45, 7) is 4.20. The number of nitrogens with one attached hydrogen (secondary N) is 1. The van der Waals surface area contributed by atoms with E-state index in [0.29, 0.717) is 12.8 Å². The Morgan fingerprint density at radius 3 is 1.43 bits per heavy atom. The van der Waals surface area contributed by atoms with E-state index >= 15 is 0 Å². The molecule has 0 rings (SSSR count). The highest BCUT2D eigenvalue weighted by Crippen LogP contribution is 2.43. The fraction of sp³-hybridized carbons (Fsp3) is 0.894. The number of carbonyl (C=O) groups is 1. The lowest BCUT2D eigenvalue weighted by Gasteiger charge is -2.25. The molecule has 0 radical (unpaired) electrons. The molecule has 0 fully saturated rings. The van der Waals surface area contributed by atoms with Crippen LogP contribution in [0.25, 0.3) is 0 Å². The third-order valence-corrected chi connectivity index (χ3v) is 11.8. The first-order valence-electron chi connectivity index (χ1n) is 24.0. The van der Waals surface area contributed by atoms with Crippen LogP contribution in [-0.2, 0) is 18.4 Å². The number of rotatable bonds is 45. The van der Waals surface area contributed by atoms with E-state index < -0.39 is 20.0 Å². The fourth-order valence-electron chi connectivity index (χ4n) is 7.17. The van der Waals surface area contributed by atoms with Gasteiger partial charge >= 0.3 is 7.82 Å². The predicted octanol–water partition coefficient (Wildman–Crippen LogP) is 13.7. The fourth-order valence-corrected chi connectivity index (χ4v) is 7.93. The summed E-state index contributed by atoms with van der Waals surface area (Å²) in [6.07, 6.45) is 50.5. The van der Waals surface area contributed by atoms with Crippen molar-refractivity contribution >= 4 is 13.7 Å². The first-order valence-corrected chi connectivity index (χ1v) is 25.4. The molecule has 1 amide bonds. The van der Waals surface area contributed by atoms with Gasteiger partial charge in [0.25, 0.3) is 0 Å². The number of nitrogens with two attached hydrogens (primary N) is 1. The number of phosphoric ester groups is 1. The maximum atomic E-state index is 12.8. The summed E-state index contributed by atoms with van der Waals surface area (Å²) in [5.74, 6) is -0.173. The van der Waals surface area contributed by atoms with Crippen LogP contribution in [0, 0.1) is 0 Å².